The number of nitrogens with one attached hydrogen (secondary N) is 2. The number of halogens is 1. The summed E-state index contributed by atoms with van der Waals surface area (Å²) in [6, 6.07) is 10.8. The molecule has 7 heteroatoms. The summed E-state index contributed by atoms with van der Waals surface area (Å²) in [5.74, 6) is -0.121. The van der Waals surface area contributed by atoms with Gasteiger partial charge in [-0.25, -0.2) is 4.98 Å². The summed E-state index contributed by atoms with van der Waals surface area (Å²) in [6.45, 7) is 6.04. The van der Waals surface area contributed by atoms with Crippen LogP contribution in [0.3, 0.4) is 0 Å². The van der Waals surface area contributed by atoms with E-state index in [9.17, 15) is 9.59 Å². The Balaban J connectivity index is 1.68. The van der Waals surface area contributed by atoms with Crippen molar-refractivity contribution < 1.29 is 9.59 Å². The zero-order chi connectivity index (χ0) is 21.5. The SMILES string of the molecule is CCC(CC)N1CC=C(C(=O)Nc2ccccc2C(=O)Nc2ccc(Cl)cn2)CC1. The fraction of sp³-hybridized carbons (Fsp3) is 0.348. The number of hydrogen-bond donors (Lipinski definition) is 2. The van der Waals surface area contributed by atoms with Gasteiger partial charge in [-0.15, -0.1) is 0 Å². The van der Waals surface area contributed by atoms with Crippen LogP contribution in [-0.2, 0) is 4.79 Å². The molecule has 0 spiro atoms. The number of carbonyl (C=O) groups excluding carboxylic acids is 2. The number of hydrogen-bond acceptors (Lipinski definition) is 4. The minimum absolute atomic E-state index is 0.163. The van der Waals surface area contributed by atoms with E-state index in [-0.39, 0.29) is 11.8 Å². The van der Waals surface area contributed by atoms with Gasteiger partial charge in [0, 0.05) is 30.9 Å². The third kappa shape index (κ3) is 5.46. The number of anilines is 2. The van der Waals surface area contributed by atoms with E-state index in [0.717, 1.165) is 31.5 Å². The Morgan fingerprint density at radius 1 is 1.10 bits per heavy atom. The maximum Gasteiger partial charge on any atom is 0.258 e. The Labute approximate surface area is 182 Å². The molecule has 6 nitrogen and oxygen atoms in total. The van der Waals surface area contributed by atoms with Crippen molar-refractivity contribution in [2.75, 3.05) is 23.7 Å². The Morgan fingerprint density at radius 3 is 2.50 bits per heavy atom. The highest BCUT2D eigenvalue weighted by molar-refractivity contribution is 6.30. The Hall–Kier alpha value is -2.70. The Bertz CT molecular complexity index is 923. The van der Waals surface area contributed by atoms with Crippen LogP contribution < -0.4 is 10.6 Å². The molecule has 3 rings (SSSR count). The van der Waals surface area contributed by atoms with Crippen molar-refractivity contribution in [3.8, 4) is 0 Å². The summed E-state index contributed by atoms with van der Waals surface area (Å²) in [4.78, 5) is 32.0. The van der Waals surface area contributed by atoms with E-state index in [1.54, 1.807) is 36.4 Å². The lowest BCUT2D eigenvalue weighted by Gasteiger charge is -2.32. The summed E-state index contributed by atoms with van der Waals surface area (Å²) < 4.78 is 0. The van der Waals surface area contributed by atoms with Crippen LogP contribution >= 0.6 is 11.6 Å². The predicted molar refractivity (Wildman–Crippen MR) is 121 cm³/mol. The molecule has 0 aliphatic carbocycles. The van der Waals surface area contributed by atoms with Crippen LogP contribution in [0.15, 0.2) is 54.2 Å². The summed E-state index contributed by atoms with van der Waals surface area (Å²) in [5, 5.41) is 6.12. The molecule has 30 heavy (non-hydrogen) atoms. The van der Waals surface area contributed by atoms with E-state index in [0.29, 0.717) is 34.6 Å². The number of rotatable bonds is 7. The molecule has 0 radical (unpaired) electrons. The number of amides is 2. The molecular formula is C23H27ClN4O2. The van der Waals surface area contributed by atoms with Crippen molar-refractivity contribution in [3.63, 3.8) is 0 Å². The summed E-state index contributed by atoms with van der Waals surface area (Å²) in [7, 11) is 0. The number of pyridine rings is 1. The highest BCUT2D eigenvalue weighted by atomic mass is 35.5. The summed E-state index contributed by atoms with van der Waals surface area (Å²) in [5.41, 5.74) is 1.60. The molecule has 1 aliphatic heterocycles. The van der Waals surface area contributed by atoms with Crippen LogP contribution in [0.2, 0.25) is 5.02 Å². The minimum atomic E-state index is -0.349. The second-order valence-corrected chi connectivity index (χ2v) is 7.70. The van der Waals surface area contributed by atoms with Gasteiger partial charge in [0.25, 0.3) is 11.8 Å². The van der Waals surface area contributed by atoms with Crippen LogP contribution in [0, 0.1) is 0 Å². The van der Waals surface area contributed by atoms with Gasteiger partial charge in [0.05, 0.1) is 16.3 Å². The molecule has 2 amide bonds. The third-order valence-electron chi connectivity index (χ3n) is 5.38. The van der Waals surface area contributed by atoms with Gasteiger partial charge in [-0.3, -0.25) is 14.5 Å². The van der Waals surface area contributed by atoms with Crippen molar-refractivity contribution in [3.05, 3.63) is 64.8 Å². The number of para-hydroxylation sites is 1. The Morgan fingerprint density at radius 2 is 1.87 bits per heavy atom. The fourth-order valence-electron chi connectivity index (χ4n) is 3.65. The van der Waals surface area contributed by atoms with E-state index in [1.807, 2.05) is 6.08 Å². The molecule has 0 bridgehead atoms. The van der Waals surface area contributed by atoms with E-state index in [1.165, 1.54) is 6.20 Å². The maximum atomic E-state index is 12.8. The van der Waals surface area contributed by atoms with Crippen molar-refractivity contribution in [1.29, 1.82) is 0 Å². The zero-order valence-corrected chi connectivity index (χ0v) is 18.1. The molecule has 0 atom stereocenters. The van der Waals surface area contributed by atoms with Crippen molar-refractivity contribution >= 4 is 34.9 Å². The number of benzene rings is 1. The van der Waals surface area contributed by atoms with Crippen LogP contribution in [0.1, 0.15) is 43.5 Å². The van der Waals surface area contributed by atoms with Gasteiger partial charge in [-0.05, 0) is 43.5 Å². The normalized spacial score (nSPS) is 14.3. The number of aromatic nitrogens is 1. The molecule has 158 valence electrons. The van der Waals surface area contributed by atoms with E-state index in [2.05, 4.69) is 34.4 Å². The average molecular weight is 427 g/mol. The predicted octanol–water partition coefficient (Wildman–Crippen LogP) is 4.75. The van der Waals surface area contributed by atoms with Crippen LogP contribution in [0.4, 0.5) is 11.5 Å². The second kappa shape index (κ2) is 10.4. The van der Waals surface area contributed by atoms with Crippen molar-refractivity contribution in [2.45, 2.75) is 39.2 Å². The monoisotopic (exact) mass is 426 g/mol. The lowest BCUT2D eigenvalue weighted by Crippen LogP contribution is -2.39. The van der Waals surface area contributed by atoms with Crippen LogP contribution in [0.5, 0.6) is 0 Å². The van der Waals surface area contributed by atoms with E-state index in [4.69, 9.17) is 11.6 Å². The average Bonchev–Trinajstić information content (AvgIpc) is 2.77. The van der Waals surface area contributed by atoms with Gasteiger partial charge in [-0.1, -0.05) is 43.7 Å². The summed E-state index contributed by atoms with van der Waals surface area (Å²) >= 11 is 5.83. The first-order valence-corrected chi connectivity index (χ1v) is 10.7. The van der Waals surface area contributed by atoms with Crippen molar-refractivity contribution in [2.24, 2.45) is 0 Å². The summed E-state index contributed by atoms with van der Waals surface area (Å²) in [6.07, 6.45) is 6.38. The highest BCUT2D eigenvalue weighted by Crippen LogP contribution is 2.21. The largest absolute Gasteiger partial charge is 0.322 e. The molecule has 0 unspecified atom stereocenters. The first-order valence-electron chi connectivity index (χ1n) is 10.3. The lowest BCUT2D eigenvalue weighted by molar-refractivity contribution is -0.113. The maximum absolute atomic E-state index is 12.8. The third-order valence-corrected chi connectivity index (χ3v) is 5.60. The second-order valence-electron chi connectivity index (χ2n) is 7.26. The fourth-order valence-corrected chi connectivity index (χ4v) is 3.77. The van der Waals surface area contributed by atoms with Crippen LogP contribution in [0.25, 0.3) is 0 Å². The first kappa shape index (κ1) is 22.0. The molecule has 1 aromatic carbocycles. The number of carbonyl (C=O) groups is 2. The quantitative estimate of drug-likeness (QED) is 0.670. The molecule has 1 aromatic heterocycles. The molecule has 0 saturated carbocycles. The van der Waals surface area contributed by atoms with Gasteiger partial charge in [0.15, 0.2) is 0 Å². The lowest BCUT2D eigenvalue weighted by atomic mass is 10.0. The molecule has 2 N–H and O–H groups in total. The molecule has 2 aromatic rings. The molecule has 2 heterocycles. The first-order chi connectivity index (χ1) is 14.5. The Kier molecular flexibility index (Phi) is 7.60. The van der Waals surface area contributed by atoms with E-state index >= 15 is 0 Å². The topological polar surface area (TPSA) is 74.3 Å². The zero-order valence-electron chi connectivity index (χ0n) is 17.3. The highest BCUT2D eigenvalue weighted by Gasteiger charge is 2.22. The minimum Gasteiger partial charge on any atom is -0.322 e. The molecule has 1 aliphatic rings. The standard InChI is InChI=1S/C23H27ClN4O2/c1-3-18(4-2)28-13-11-16(12-14-28)22(29)26-20-8-6-5-7-19(20)23(30)27-21-10-9-17(24)15-25-21/h5-11,15,18H,3-4,12-14H2,1-2H3,(H,26,29)(H,25,27,30). The van der Waals surface area contributed by atoms with Gasteiger partial charge >= 0.3 is 0 Å². The van der Waals surface area contributed by atoms with E-state index < -0.39 is 0 Å². The van der Waals surface area contributed by atoms with Crippen LogP contribution in [-0.4, -0.2) is 40.8 Å². The number of nitrogens with zero attached hydrogens (tertiary/aromatic N) is 2. The van der Waals surface area contributed by atoms with Gasteiger partial charge in [0.1, 0.15) is 5.82 Å². The van der Waals surface area contributed by atoms with Crippen molar-refractivity contribution in [1.82, 2.24) is 9.88 Å². The van der Waals surface area contributed by atoms with Gasteiger partial charge in [-0.2, -0.15) is 0 Å². The van der Waals surface area contributed by atoms with Gasteiger partial charge < -0.3 is 10.6 Å². The molecule has 0 saturated heterocycles. The van der Waals surface area contributed by atoms with Gasteiger partial charge in [0.2, 0.25) is 0 Å². The molecular weight excluding hydrogens is 400 g/mol. The molecule has 0 fully saturated rings. The smallest absolute Gasteiger partial charge is 0.258 e.